The van der Waals surface area contributed by atoms with E-state index in [0.717, 1.165) is 0 Å². The predicted octanol–water partition coefficient (Wildman–Crippen LogP) is 0.313. The van der Waals surface area contributed by atoms with Crippen LogP contribution in [0.5, 0.6) is 0 Å². The molecule has 0 aromatic heterocycles. The molecule has 1 N–H and O–H groups in total. The zero-order chi connectivity index (χ0) is 8.69. The van der Waals surface area contributed by atoms with Gasteiger partial charge >= 0.3 is 5.97 Å². The number of carbonyl (C=O) groups is 2. The average Bonchev–Trinajstić information content (AvgIpc) is 1.97. The number of carbonyl (C=O) groups excluding carboxylic acids is 1. The van der Waals surface area contributed by atoms with Gasteiger partial charge in [0.2, 0.25) is 0 Å². The largest absolute Gasteiger partial charge is 0.481 e. The van der Waals surface area contributed by atoms with Gasteiger partial charge in [-0.15, -0.1) is 0 Å². The van der Waals surface area contributed by atoms with Gasteiger partial charge in [-0.1, -0.05) is 0 Å². The van der Waals surface area contributed by atoms with Crippen LogP contribution in [0.4, 0.5) is 0 Å². The Morgan fingerprint density at radius 2 is 2.36 bits per heavy atom. The minimum Gasteiger partial charge on any atom is -0.481 e. The van der Waals surface area contributed by atoms with Crippen molar-refractivity contribution in [2.24, 2.45) is 5.92 Å². The number of ether oxygens (including phenoxy) is 1. The van der Waals surface area contributed by atoms with Gasteiger partial charge in [0.1, 0.15) is 6.29 Å². The van der Waals surface area contributed by atoms with Gasteiger partial charge in [-0.25, -0.2) is 0 Å². The van der Waals surface area contributed by atoms with Crippen LogP contribution in [0.1, 0.15) is 12.8 Å². The molecule has 0 bridgehead atoms. The topological polar surface area (TPSA) is 63.6 Å². The maximum absolute atomic E-state index is 10.2. The molecule has 0 spiro atoms. The monoisotopic (exact) mass is 160 g/mol. The van der Waals surface area contributed by atoms with Crippen LogP contribution in [-0.2, 0) is 14.3 Å². The number of carboxylic acid groups (broad SMARTS) is 1. The highest BCUT2D eigenvalue weighted by atomic mass is 16.5. The quantitative estimate of drug-likeness (QED) is 0.568. The Balaban J connectivity index is 3.57. The maximum atomic E-state index is 10.2. The van der Waals surface area contributed by atoms with Gasteiger partial charge in [0.05, 0.1) is 6.42 Å². The van der Waals surface area contributed by atoms with Crippen molar-refractivity contribution in [1.82, 2.24) is 0 Å². The van der Waals surface area contributed by atoms with Crippen molar-refractivity contribution in [2.45, 2.75) is 12.8 Å². The second kappa shape index (κ2) is 5.85. The highest BCUT2D eigenvalue weighted by Crippen LogP contribution is 2.04. The Labute approximate surface area is 65.2 Å². The van der Waals surface area contributed by atoms with Crippen molar-refractivity contribution < 1.29 is 19.4 Å². The zero-order valence-corrected chi connectivity index (χ0v) is 6.45. The minimum absolute atomic E-state index is 0.104. The molecule has 0 aliphatic carbocycles. The molecule has 0 amide bonds. The van der Waals surface area contributed by atoms with Crippen LogP contribution in [0.3, 0.4) is 0 Å². The molecular formula is C7H12O4. The van der Waals surface area contributed by atoms with Gasteiger partial charge < -0.3 is 14.6 Å². The number of methoxy groups -OCH3 is 1. The Bertz CT molecular complexity index is 132. The SMILES string of the molecule is COCCC(C=O)CC(=O)O. The molecule has 64 valence electrons. The minimum atomic E-state index is -0.946. The van der Waals surface area contributed by atoms with Crippen LogP contribution in [-0.4, -0.2) is 31.1 Å². The van der Waals surface area contributed by atoms with Gasteiger partial charge in [0.25, 0.3) is 0 Å². The van der Waals surface area contributed by atoms with E-state index in [9.17, 15) is 9.59 Å². The number of aliphatic carboxylic acids is 1. The second-order valence-electron chi connectivity index (χ2n) is 2.28. The van der Waals surface area contributed by atoms with Crippen molar-refractivity contribution in [1.29, 1.82) is 0 Å². The summed E-state index contributed by atoms with van der Waals surface area (Å²) in [4.78, 5) is 20.4. The van der Waals surface area contributed by atoms with Crippen LogP contribution in [0.15, 0.2) is 0 Å². The molecule has 0 saturated heterocycles. The van der Waals surface area contributed by atoms with Gasteiger partial charge in [-0.2, -0.15) is 0 Å². The number of hydrogen-bond donors (Lipinski definition) is 1. The molecule has 11 heavy (non-hydrogen) atoms. The van der Waals surface area contributed by atoms with E-state index in [1.807, 2.05) is 0 Å². The van der Waals surface area contributed by atoms with Crippen LogP contribution < -0.4 is 0 Å². The molecule has 0 heterocycles. The lowest BCUT2D eigenvalue weighted by Crippen LogP contribution is -2.11. The van der Waals surface area contributed by atoms with Crippen LogP contribution in [0, 0.1) is 5.92 Å². The summed E-state index contributed by atoms with van der Waals surface area (Å²) in [5.74, 6) is -1.36. The predicted molar refractivity (Wildman–Crippen MR) is 38.3 cm³/mol. The third-order valence-corrected chi connectivity index (χ3v) is 1.32. The van der Waals surface area contributed by atoms with Crippen LogP contribution >= 0.6 is 0 Å². The lowest BCUT2D eigenvalue weighted by atomic mass is 10.0. The van der Waals surface area contributed by atoms with Crippen molar-refractivity contribution >= 4 is 12.3 Å². The first-order chi connectivity index (χ1) is 5.20. The molecule has 0 aromatic rings. The van der Waals surface area contributed by atoms with E-state index in [0.29, 0.717) is 19.3 Å². The molecule has 4 nitrogen and oxygen atoms in total. The van der Waals surface area contributed by atoms with Gasteiger partial charge in [-0.05, 0) is 6.42 Å². The summed E-state index contributed by atoms with van der Waals surface area (Å²) in [5.41, 5.74) is 0. The number of carboxylic acids is 1. The summed E-state index contributed by atoms with van der Waals surface area (Å²) in [6, 6.07) is 0. The molecule has 1 unspecified atom stereocenters. The van der Waals surface area contributed by atoms with Gasteiger partial charge in [0.15, 0.2) is 0 Å². The Morgan fingerprint density at radius 3 is 2.73 bits per heavy atom. The smallest absolute Gasteiger partial charge is 0.304 e. The zero-order valence-electron chi connectivity index (χ0n) is 6.45. The lowest BCUT2D eigenvalue weighted by molar-refractivity contribution is -0.139. The first-order valence-electron chi connectivity index (χ1n) is 3.36. The van der Waals surface area contributed by atoms with E-state index < -0.39 is 11.9 Å². The molecule has 0 saturated carbocycles. The fourth-order valence-corrected chi connectivity index (χ4v) is 0.712. The third-order valence-electron chi connectivity index (χ3n) is 1.32. The van der Waals surface area contributed by atoms with Gasteiger partial charge in [0, 0.05) is 19.6 Å². The van der Waals surface area contributed by atoms with Crippen molar-refractivity contribution in [3.63, 3.8) is 0 Å². The van der Waals surface area contributed by atoms with E-state index >= 15 is 0 Å². The van der Waals surface area contributed by atoms with Crippen molar-refractivity contribution in [3.8, 4) is 0 Å². The van der Waals surface area contributed by atoms with E-state index in [4.69, 9.17) is 9.84 Å². The molecule has 0 rings (SSSR count). The highest BCUT2D eigenvalue weighted by Gasteiger charge is 2.10. The van der Waals surface area contributed by atoms with Gasteiger partial charge in [-0.3, -0.25) is 4.79 Å². The Kier molecular flexibility index (Phi) is 5.37. The van der Waals surface area contributed by atoms with E-state index in [-0.39, 0.29) is 6.42 Å². The number of rotatable bonds is 6. The fraction of sp³-hybridized carbons (Fsp3) is 0.714. The molecule has 0 aliphatic rings. The summed E-state index contributed by atoms with van der Waals surface area (Å²) < 4.78 is 4.70. The van der Waals surface area contributed by atoms with Crippen molar-refractivity contribution in [3.05, 3.63) is 0 Å². The standard InChI is InChI=1S/C7H12O4/c1-11-3-2-6(5-8)4-7(9)10/h5-6H,2-4H2,1H3,(H,9,10). The Morgan fingerprint density at radius 1 is 1.73 bits per heavy atom. The van der Waals surface area contributed by atoms with Crippen LogP contribution in [0.25, 0.3) is 0 Å². The first kappa shape index (κ1) is 10.1. The average molecular weight is 160 g/mol. The second-order valence-corrected chi connectivity index (χ2v) is 2.28. The maximum Gasteiger partial charge on any atom is 0.304 e. The Hall–Kier alpha value is -0.900. The van der Waals surface area contributed by atoms with E-state index in [1.54, 1.807) is 0 Å². The number of hydrogen-bond acceptors (Lipinski definition) is 3. The molecule has 0 fully saturated rings. The third kappa shape index (κ3) is 5.54. The van der Waals surface area contributed by atoms with Crippen LogP contribution in [0.2, 0.25) is 0 Å². The summed E-state index contributed by atoms with van der Waals surface area (Å²) in [7, 11) is 1.52. The summed E-state index contributed by atoms with van der Waals surface area (Å²) in [6.07, 6.45) is 1.03. The van der Waals surface area contributed by atoms with E-state index in [1.165, 1.54) is 7.11 Å². The fourth-order valence-electron chi connectivity index (χ4n) is 0.712. The first-order valence-corrected chi connectivity index (χ1v) is 3.36. The van der Waals surface area contributed by atoms with Crippen molar-refractivity contribution in [2.75, 3.05) is 13.7 Å². The highest BCUT2D eigenvalue weighted by molar-refractivity contribution is 5.71. The molecule has 0 aliphatic heterocycles. The molecule has 1 atom stereocenters. The van der Waals surface area contributed by atoms with E-state index in [2.05, 4.69) is 0 Å². The lowest BCUT2D eigenvalue weighted by Gasteiger charge is -2.04. The normalized spacial score (nSPS) is 12.5. The summed E-state index contributed by atoms with van der Waals surface area (Å²) in [6.45, 7) is 0.427. The molecule has 4 heteroatoms. The summed E-state index contributed by atoms with van der Waals surface area (Å²) in [5, 5.41) is 8.31. The molecular weight excluding hydrogens is 148 g/mol. The summed E-state index contributed by atoms with van der Waals surface area (Å²) >= 11 is 0. The molecule has 0 radical (unpaired) electrons. The number of aldehydes is 1. The molecule has 0 aromatic carbocycles.